The predicted octanol–water partition coefficient (Wildman–Crippen LogP) is 2.55. The lowest BCUT2D eigenvalue weighted by atomic mass is 10.0. The molecule has 0 saturated heterocycles. The van der Waals surface area contributed by atoms with Crippen molar-refractivity contribution in [3.8, 4) is 11.5 Å². The van der Waals surface area contributed by atoms with Crippen LogP contribution in [0.1, 0.15) is 42.0 Å². The van der Waals surface area contributed by atoms with Crippen LogP contribution in [-0.2, 0) is 19.5 Å². The summed E-state index contributed by atoms with van der Waals surface area (Å²) < 4.78 is 10.7. The zero-order chi connectivity index (χ0) is 18.9. The van der Waals surface area contributed by atoms with Gasteiger partial charge in [0.2, 0.25) is 5.76 Å². The Morgan fingerprint density at radius 1 is 1.21 bits per heavy atom. The number of fused-ring (bicyclic) bond motifs is 1. The number of furan rings is 1. The standard InChI is InChI=1S/C20H21N5O3/c26-20-14-12-25(11-13-10-18(28-24-13)17-5-3-9-27-17)8-6-15(14)22-19(23-20)16-4-1-2-7-21-16/h3,5,9-10H,1-2,4,6-8,11-12H2,(H,22,23,26). The highest BCUT2D eigenvalue weighted by Crippen LogP contribution is 2.23. The van der Waals surface area contributed by atoms with Gasteiger partial charge in [0, 0.05) is 38.7 Å². The maximum atomic E-state index is 12.7. The third-order valence-electron chi connectivity index (χ3n) is 5.25. The Kier molecular flexibility index (Phi) is 4.40. The van der Waals surface area contributed by atoms with Gasteiger partial charge in [-0.25, -0.2) is 4.98 Å². The normalized spacial score (nSPS) is 17.4. The Morgan fingerprint density at radius 3 is 3.00 bits per heavy atom. The van der Waals surface area contributed by atoms with E-state index in [0.717, 1.165) is 61.4 Å². The zero-order valence-corrected chi connectivity index (χ0v) is 15.5. The summed E-state index contributed by atoms with van der Waals surface area (Å²) in [6, 6.07) is 5.52. The number of nitrogens with one attached hydrogen (secondary N) is 1. The van der Waals surface area contributed by atoms with Gasteiger partial charge < -0.3 is 13.9 Å². The molecule has 0 bridgehead atoms. The first kappa shape index (κ1) is 17.1. The molecule has 2 aliphatic heterocycles. The second kappa shape index (κ2) is 7.20. The maximum Gasteiger partial charge on any atom is 0.255 e. The monoisotopic (exact) mass is 379 g/mol. The van der Waals surface area contributed by atoms with E-state index < -0.39 is 0 Å². The van der Waals surface area contributed by atoms with E-state index in [1.165, 1.54) is 0 Å². The van der Waals surface area contributed by atoms with Gasteiger partial charge in [0.15, 0.2) is 11.6 Å². The van der Waals surface area contributed by atoms with Crippen molar-refractivity contribution in [1.29, 1.82) is 0 Å². The van der Waals surface area contributed by atoms with Gasteiger partial charge in [0.05, 0.1) is 28.9 Å². The topological polar surface area (TPSA) is 101 Å². The lowest BCUT2D eigenvalue weighted by Crippen LogP contribution is -2.36. The van der Waals surface area contributed by atoms with Crippen molar-refractivity contribution in [1.82, 2.24) is 20.0 Å². The largest absolute Gasteiger partial charge is 0.461 e. The fourth-order valence-corrected chi connectivity index (χ4v) is 3.79. The molecule has 28 heavy (non-hydrogen) atoms. The van der Waals surface area contributed by atoms with E-state index in [1.807, 2.05) is 18.2 Å². The highest BCUT2D eigenvalue weighted by Gasteiger charge is 2.23. The van der Waals surface area contributed by atoms with E-state index in [1.54, 1.807) is 6.26 Å². The van der Waals surface area contributed by atoms with Crippen molar-refractivity contribution >= 4 is 5.71 Å². The summed E-state index contributed by atoms with van der Waals surface area (Å²) in [7, 11) is 0. The molecular weight excluding hydrogens is 358 g/mol. The zero-order valence-electron chi connectivity index (χ0n) is 15.5. The van der Waals surface area contributed by atoms with Crippen LogP contribution >= 0.6 is 0 Å². The van der Waals surface area contributed by atoms with Crippen LogP contribution in [-0.4, -0.2) is 38.8 Å². The van der Waals surface area contributed by atoms with E-state index in [9.17, 15) is 4.79 Å². The molecule has 5 rings (SSSR count). The maximum absolute atomic E-state index is 12.7. The summed E-state index contributed by atoms with van der Waals surface area (Å²) in [4.78, 5) is 27.0. The van der Waals surface area contributed by atoms with Gasteiger partial charge in [0.25, 0.3) is 5.56 Å². The van der Waals surface area contributed by atoms with Crippen LogP contribution in [0.15, 0.2) is 43.2 Å². The first-order valence-corrected chi connectivity index (χ1v) is 9.64. The number of aromatic nitrogens is 3. The molecule has 1 N–H and O–H groups in total. The molecule has 0 aliphatic carbocycles. The second-order valence-corrected chi connectivity index (χ2v) is 7.25. The fraction of sp³-hybridized carbons (Fsp3) is 0.400. The Hall–Kier alpha value is -3.00. The molecule has 0 atom stereocenters. The number of rotatable bonds is 4. The number of hydrogen-bond acceptors (Lipinski definition) is 7. The first-order valence-electron chi connectivity index (χ1n) is 9.64. The second-order valence-electron chi connectivity index (χ2n) is 7.25. The summed E-state index contributed by atoms with van der Waals surface area (Å²) in [5.74, 6) is 1.91. The first-order chi connectivity index (χ1) is 13.8. The van der Waals surface area contributed by atoms with Crippen molar-refractivity contribution in [3.63, 3.8) is 0 Å². The van der Waals surface area contributed by atoms with Gasteiger partial charge in [-0.3, -0.25) is 14.7 Å². The van der Waals surface area contributed by atoms with Crippen LogP contribution in [0.25, 0.3) is 11.5 Å². The van der Waals surface area contributed by atoms with E-state index in [2.05, 4.69) is 20.0 Å². The molecule has 2 aliphatic rings. The quantitative estimate of drug-likeness (QED) is 0.748. The van der Waals surface area contributed by atoms with Crippen LogP contribution in [0.5, 0.6) is 0 Å². The smallest absolute Gasteiger partial charge is 0.255 e. The van der Waals surface area contributed by atoms with Crippen molar-refractivity contribution in [2.45, 2.75) is 38.8 Å². The molecule has 0 amide bonds. The molecule has 0 spiro atoms. The molecule has 8 nitrogen and oxygen atoms in total. The van der Waals surface area contributed by atoms with Crippen molar-refractivity contribution < 1.29 is 8.94 Å². The molecule has 8 heteroatoms. The van der Waals surface area contributed by atoms with Crippen molar-refractivity contribution in [2.24, 2.45) is 4.99 Å². The molecule has 0 unspecified atom stereocenters. The van der Waals surface area contributed by atoms with Gasteiger partial charge in [-0.2, -0.15) is 0 Å². The molecule has 144 valence electrons. The summed E-state index contributed by atoms with van der Waals surface area (Å²) in [5.41, 5.74) is 3.31. The van der Waals surface area contributed by atoms with Crippen LogP contribution in [0.4, 0.5) is 0 Å². The number of nitrogens with zero attached hydrogens (tertiary/aromatic N) is 4. The van der Waals surface area contributed by atoms with E-state index >= 15 is 0 Å². The van der Waals surface area contributed by atoms with E-state index in [0.29, 0.717) is 30.4 Å². The minimum atomic E-state index is -0.0607. The van der Waals surface area contributed by atoms with Crippen molar-refractivity contribution in [2.75, 3.05) is 13.1 Å². The predicted molar refractivity (Wildman–Crippen MR) is 102 cm³/mol. The SMILES string of the molecule is O=c1[nH]c(C2=NCCCC2)nc2c1CN(Cc1cc(-c3ccco3)on1)CC2. The van der Waals surface area contributed by atoms with Crippen LogP contribution in [0.2, 0.25) is 0 Å². The summed E-state index contributed by atoms with van der Waals surface area (Å²) >= 11 is 0. The molecule has 5 heterocycles. The Morgan fingerprint density at radius 2 is 2.18 bits per heavy atom. The Bertz CT molecular complexity index is 1060. The van der Waals surface area contributed by atoms with Gasteiger partial charge in [-0.1, -0.05) is 5.16 Å². The van der Waals surface area contributed by atoms with Crippen molar-refractivity contribution in [3.05, 3.63) is 57.6 Å². The molecule has 3 aromatic heterocycles. The summed E-state index contributed by atoms with van der Waals surface area (Å²) in [5, 5.41) is 4.13. The molecule has 0 radical (unpaired) electrons. The van der Waals surface area contributed by atoms with Gasteiger partial charge >= 0.3 is 0 Å². The fourth-order valence-electron chi connectivity index (χ4n) is 3.79. The van der Waals surface area contributed by atoms with Crippen LogP contribution in [0, 0.1) is 0 Å². The average molecular weight is 379 g/mol. The molecule has 0 fully saturated rings. The lowest BCUT2D eigenvalue weighted by Gasteiger charge is -2.27. The van der Waals surface area contributed by atoms with Gasteiger partial charge in [0.1, 0.15) is 0 Å². The number of H-pyrrole nitrogens is 1. The highest BCUT2D eigenvalue weighted by atomic mass is 16.5. The number of aromatic amines is 1. The van der Waals surface area contributed by atoms with Gasteiger partial charge in [-0.05, 0) is 31.4 Å². The third kappa shape index (κ3) is 3.31. The van der Waals surface area contributed by atoms with Crippen LogP contribution < -0.4 is 5.56 Å². The Balaban J connectivity index is 1.33. The molecule has 0 aromatic carbocycles. The number of aliphatic imine (C=N–C) groups is 1. The highest BCUT2D eigenvalue weighted by molar-refractivity contribution is 5.97. The average Bonchev–Trinajstić information content (AvgIpc) is 3.41. The number of hydrogen-bond donors (Lipinski definition) is 1. The van der Waals surface area contributed by atoms with Gasteiger partial charge in [-0.15, -0.1) is 0 Å². The summed E-state index contributed by atoms with van der Waals surface area (Å²) in [6.07, 6.45) is 5.44. The van der Waals surface area contributed by atoms with Crippen LogP contribution in [0.3, 0.4) is 0 Å². The minimum absolute atomic E-state index is 0.0607. The summed E-state index contributed by atoms with van der Waals surface area (Å²) in [6.45, 7) is 2.80. The van der Waals surface area contributed by atoms with E-state index in [4.69, 9.17) is 13.9 Å². The lowest BCUT2D eigenvalue weighted by molar-refractivity contribution is 0.234. The third-order valence-corrected chi connectivity index (χ3v) is 5.25. The Labute approximate surface area is 161 Å². The minimum Gasteiger partial charge on any atom is -0.461 e. The van der Waals surface area contributed by atoms with E-state index in [-0.39, 0.29) is 5.56 Å². The molecular formula is C20H21N5O3. The molecule has 3 aromatic rings. The molecule has 0 saturated carbocycles.